The molecule has 1 rings (SSSR count). The van der Waals surface area contributed by atoms with Crippen LogP contribution in [-0.2, 0) is 20.9 Å². The van der Waals surface area contributed by atoms with Crippen LogP contribution in [0, 0.1) is 12.3 Å². The Labute approximate surface area is 146 Å². The summed E-state index contributed by atoms with van der Waals surface area (Å²) in [5, 5.41) is 2.67. The first-order valence-electron chi connectivity index (χ1n) is 7.01. The Bertz CT molecular complexity index is 657. The van der Waals surface area contributed by atoms with Crippen molar-refractivity contribution in [1.82, 2.24) is 5.32 Å². The van der Waals surface area contributed by atoms with Gasteiger partial charge in [0.15, 0.2) is 5.78 Å². The van der Waals surface area contributed by atoms with Gasteiger partial charge in [-0.3, -0.25) is 14.4 Å². The normalized spacial score (nSPS) is 14.5. The number of hydrogen-bond donors (Lipinski definition) is 2. The Hall–Kier alpha value is -1.59. The fourth-order valence-electron chi connectivity index (χ4n) is 2.11. The summed E-state index contributed by atoms with van der Waals surface area (Å²) in [6, 6.07) is 7.63. The van der Waals surface area contributed by atoms with Crippen LogP contribution in [0.1, 0.15) is 25.0 Å². The highest BCUT2D eigenvalue weighted by molar-refractivity contribution is 7.83. The Kier molecular flexibility index (Phi) is 6.59. The summed E-state index contributed by atoms with van der Waals surface area (Å²) in [4.78, 5) is 36.4. The summed E-state index contributed by atoms with van der Waals surface area (Å²) in [5.74, 6) is -1.73. The Morgan fingerprint density at radius 1 is 1.39 bits per heavy atom. The zero-order chi connectivity index (χ0) is 17.8. The Morgan fingerprint density at radius 2 is 2.00 bits per heavy atom. The molecule has 0 heterocycles. The maximum absolute atomic E-state index is 12.3. The predicted molar refractivity (Wildman–Crippen MR) is 94.6 cm³/mol. The highest BCUT2D eigenvalue weighted by Crippen LogP contribution is 2.32. The Balaban J connectivity index is 2.90. The molecule has 0 aliphatic rings. The largest absolute Gasteiger partial charge is 0.348 e. The molecule has 1 amide bonds. The van der Waals surface area contributed by atoms with Gasteiger partial charge in [-0.1, -0.05) is 36.4 Å². The first-order chi connectivity index (χ1) is 10.6. The molecule has 1 aromatic carbocycles. The molecule has 0 spiro atoms. The molecule has 0 bridgehead atoms. The van der Waals surface area contributed by atoms with Gasteiger partial charge in [0, 0.05) is 12.1 Å². The highest BCUT2D eigenvalue weighted by Gasteiger charge is 2.45. The third-order valence-electron chi connectivity index (χ3n) is 3.83. The van der Waals surface area contributed by atoms with Crippen molar-refractivity contribution in [2.75, 3.05) is 0 Å². The SMILES string of the molecule is C=C(C(=O)NCc1cccc(C)c1)C(C)(C(C)=O)C(=O)C(S)Cl. The lowest BCUT2D eigenvalue weighted by Crippen LogP contribution is -2.44. The molecule has 1 aromatic rings. The van der Waals surface area contributed by atoms with Gasteiger partial charge < -0.3 is 5.32 Å². The minimum absolute atomic E-state index is 0.137. The maximum Gasteiger partial charge on any atom is 0.248 e. The molecule has 1 N–H and O–H groups in total. The maximum atomic E-state index is 12.3. The first kappa shape index (κ1) is 19.5. The molecule has 0 aliphatic heterocycles. The fraction of sp³-hybridized carbons (Fsp3) is 0.353. The molecule has 0 aliphatic carbocycles. The van der Waals surface area contributed by atoms with Gasteiger partial charge in [0.2, 0.25) is 5.91 Å². The highest BCUT2D eigenvalue weighted by atomic mass is 35.5. The van der Waals surface area contributed by atoms with E-state index in [2.05, 4.69) is 24.5 Å². The number of hydrogen-bond acceptors (Lipinski definition) is 4. The van der Waals surface area contributed by atoms with Crippen LogP contribution in [0.15, 0.2) is 36.4 Å². The molecule has 0 fully saturated rings. The number of rotatable bonds is 7. The third kappa shape index (κ3) is 4.45. The van der Waals surface area contributed by atoms with Crippen molar-refractivity contribution in [3.63, 3.8) is 0 Å². The number of aryl methyl sites for hydroxylation is 1. The van der Waals surface area contributed by atoms with E-state index in [1.54, 1.807) is 0 Å². The molecule has 124 valence electrons. The van der Waals surface area contributed by atoms with Crippen molar-refractivity contribution in [1.29, 1.82) is 0 Å². The number of thiol groups is 1. The lowest BCUT2D eigenvalue weighted by molar-refractivity contribution is -0.137. The summed E-state index contributed by atoms with van der Waals surface area (Å²) in [7, 11) is 0. The van der Waals surface area contributed by atoms with Crippen LogP contribution in [0.4, 0.5) is 0 Å². The number of alkyl halides is 1. The van der Waals surface area contributed by atoms with Crippen LogP contribution in [0.5, 0.6) is 0 Å². The summed E-state index contributed by atoms with van der Waals surface area (Å²) in [6.45, 7) is 8.42. The molecule has 2 unspecified atom stereocenters. The number of amides is 1. The van der Waals surface area contributed by atoms with E-state index >= 15 is 0 Å². The van der Waals surface area contributed by atoms with Crippen LogP contribution in [0.2, 0.25) is 0 Å². The third-order valence-corrected chi connectivity index (χ3v) is 4.26. The molecule has 0 aromatic heterocycles. The van der Waals surface area contributed by atoms with Gasteiger partial charge in [0.1, 0.15) is 15.9 Å². The van der Waals surface area contributed by atoms with E-state index in [9.17, 15) is 14.4 Å². The predicted octanol–water partition coefficient (Wildman–Crippen LogP) is 2.83. The second kappa shape index (κ2) is 7.79. The zero-order valence-electron chi connectivity index (χ0n) is 13.4. The van der Waals surface area contributed by atoms with Gasteiger partial charge >= 0.3 is 0 Å². The van der Waals surface area contributed by atoms with E-state index in [1.807, 2.05) is 31.2 Å². The van der Waals surface area contributed by atoms with Gasteiger partial charge in [-0.15, -0.1) is 11.6 Å². The van der Waals surface area contributed by atoms with Crippen LogP contribution in [-0.4, -0.2) is 22.2 Å². The van der Waals surface area contributed by atoms with Gasteiger partial charge in [0.25, 0.3) is 0 Å². The molecule has 23 heavy (non-hydrogen) atoms. The standard InChI is InChI=1S/C17H20ClNO3S/c1-10-6-5-7-13(8-10)9-19-16(22)11(2)17(4,12(3)20)14(21)15(18)23/h5-8,15,23H,2,9H2,1,3-4H3,(H,19,22). The molecule has 2 atom stereocenters. The molecule has 0 saturated carbocycles. The topological polar surface area (TPSA) is 63.2 Å². The summed E-state index contributed by atoms with van der Waals surface area (Å²) < 4.78 is -1.19. The molecule has 6 heteroatoms. The van der Waals surface area contributed by atoms with Crippen molar-refractivity contribution in [2.45, 2.75) is 32.0 Å². The lowest BCUT2D eigenvalue weighted by atomic mass is 9.75. The van der Waals surface area contributed by atoms with Gasteiger partial charge in [-0.25, -0.2) is 0 Å². The number of carbonyl (C=O) groups is 3. The quantitative estimate of drug-likeness (QED) is 0.343. The second-order valence-corrected chi connectivity index (χ2v) is 6.79. The van der Waals surface area contributed by atoms with Crippen LogP contribution in [0.25, 0.3) is 0 Å². The molecule has 4 nitrogen and oxygen atoms in total. The average molecular weight is 354 g/mol. The number of benzene rings is 1. The molecular formula is C17H20ClNO3S. The van der Waals surface area contributed by atoms with E-state index in [4.69, 9.17) is 11.6 Å². The smallest absolute Gasteiger partial charge is 0.248 e. The summed E-state index contributed by atoms with van der Waals surface area (Å²) in [5.41, 5.74) is 0.151. The van der Waals surface area contributed by atoms with Crippen LogP contribution < -0.4 is 5.32 Å². The van der Waals surface area contributed by atoms with Crippen LogP contribution >= 0.6 is 24.2 Å². The zero-order valence-corrected chi connectivity index (χ0v) is 15.0. The fourth-order valence-corrected chi connectivity index (χ4v) is 2.59. The first-order valence-corrected chi connectivity index (χ1v) is 7.96. The molecule has 0 saturated heterocycles. The van der Waals surface area contributed by atoms with Crippen molar-refractivity contribution >= 4 is 41.7 Å². The minimum Gasteiger partial charge on any atom is -0.348 e. The van der Waals surface area contributed by atoms with E-state index < -0.39 is 27.6 Å². The number of nitrogens with one attached hydrogen (secondary N) is 1. The van der Waals surface area contributed by atoms with E-state index in [-0.39, 0.29) is 12.1 Å². The lowest BCUT2D eigenvalue weighted by Gasteiger charge is -2.27. The summed E-state index contributed by atoms with van der Waals surface area (Å²) in [6.07, 6.45) is 0. The van der Waals surface area contributed by atoms with E-state index in [1.165, 1.54) is 13.8 Å². The number of Topliss-reactive ketones (excluding diaryl/α,β-unsaturated/α-hetero) is 2. The van der Waals surface area contributed by atoms with Crippen molar-refractivity contribution in [3.05, 3.63) is 47.5 Å². The number of halogens is 1. The van der Waals surface area contributed by atoms with E-state index in [0.29, 0.717) is 0 Å². The van der Waals surface area contributed by atoms with Gasteiger partial charge in [-0.2, -0.15) is 12.6 Å². The van der Waals surface area contributed by atoms with E-state index in [0.717, 1.165) is 11.1 Å². The van der Waals surface area contributed by atoms with Crippen LogP contribution in [0.3, 0.4) is 0 Å². The van der Waals surface area contributed by atoms with Crippen molar-refractivity contribution in [2.24, 2.45) is 5.41 Å². The average Bonchev–Trinajstić information content (AvgIpc) is 2.49. The molecule has 0 radical (unpaired) electrons. The minimum atomic E-state index is -1.69. The molecular weight excluding hydrogens is 334 g/mol. The van der Waals surface area contributed by atoms with Gasteiger partial charge in [-0.05, 0) is 26.3 Å². The number of ketones is 2. The van der Waals surface area contributed by atoms with Gasteiger partial charge in [0.05, 0.1) is 0 Å². The Morgan fingerprint density at radius 3 is 2.48 bits per heavy atom. The second-order valence-electron chi connectivity index (χ2n) is 5.53. The van der Waals surface area contributed by atoms with Crippen molar-refractivity contribution in [3.8, 4) is 0 Å². The van der Waals surface area contributed by atoms with Crippen molar-refractivity contribution < 1.29 is 14.4 Å². The number of carbonyl (C=O) groups excluding carboxylic acids is 3. The summed E-state index contributed by atoms with van der Waals surface area (Å²) >= 11 is 9.54. The monoisotopic (exact) mass is 353 g/mol.